The van der Waals surface area contributed by atoms with Gasteiger partial charge in [-0.3, -0.25) is 4.79 Å². The molecule has 0 spiro atoms. The number of aromatic hydroxyl groups is 2. The Balaban J connectivity index is 2.37. The van der Waals surface area contributed by atoms with Crippen LogP contribution in [0.25, 0.3) is 0 Å². The summed E-state index contributed by atoms with van der Waals surface area (Å²) in [5, 5.41) is 28.9. The third kappa shape index (κ3) is 3.26. The van der Waals surface area contributed by atoms with Crippen molar-refractivity contribution in [3.05, 3.63) is 52.5 Å². The van der Waals surface area contributed by atoms with Gasteiger partial charge in [-0.15, -0.1) is 0 Å². The van der Waals surface area contributed by atoms with Crippen LogP contribution < -0.4 is 4.74 Å². The van der Waals surface area contributed by atoms with E-state index in [0.717, 1.165) is 0 Å². The molecule has 22 heavy (non-hydrogen) atoms. The maximum absolute atomic E-state index is 11.5. The minimum atomic E-state index is -1.04. The normalized spacial score (nSPS) is 11.9. The van der Waals surface area contributed by atoms with Gasteiger partial charge in [0, 0.05) is 0 Å². The van der Waals surface area contributed by atoms with Crippen LogP contribution >= 0.6 is 11.6 Å². The van der Waals surface area contributed by atoms with Crippen molar-refractivity contribution in [2.75, 3.05) is 7.11 Å². The molecule has 2 rings (SSSR count). The quantitative estimate of drug-likeness (QED) is 0.787. The van der Waals surface area contributed by atoms with Gasteiger partial charge in [-0.1, -0.05) is 29.8 Å². The van der Waals surface area contributed by atoms with Gasteiger partial charge in [0.2, 0.25) is 0 Å². The van der Waals surface area contributed by atoms with E-state index in [0.29, 0.717) is 11.1 Å². The zero-order valence-electron chi connectivity index (χ0n) is 11.8. The number of carbonyl (C=O) groups is 1. The van der Waals surface area contributed by atoms with Gasteiger partial charge >= 0.3 is 5.97 Å². The maximum Gasteiger partial charge on any atom is 0.311 e. The van der Waals surface area contributed by atoms with Crippen LogP contribution in [0.5, 0.6) is 17.2 Å². The molecule has 0 heterocycles. The molecule has 3 N–H and O–H groups in total. The van der Waals surface area contributed by atoms with Gasteiger partial charge in [0.05, 0.1) is 18.1 Å². The first-order chi connectivity index (χ1) is 10.4. The number of hydrogen-bond acceptors (Lipinski definition) is 4. The van der Waals surface area contributed by atoms with Gasteiger partial charge in [-0.2, -0.15) is 0 Å². The third-order valence-electron chi connectivity index (χ3n) is 3.37. The fourth-order valence-electron chi connectivity index (χ4n) is 2.22. The largest absolute Gasteiger partial charge is 0.508 e. The zero-order valence-corrected chi connectivity index (χ0v) is 12.5. The predicted octanol–water partition coefficient (Wildman–Crippen LogP) is 3.17. The Morgan fingerprint density at radius 3 is 2.59 bits per heavy atom. The Morgan fingerprint density at radius 1 is 1.27 bits per heavy atom. The molecule has 1 atom stereocenters. The molecule has 0 fully saturated rings. The number of aliphatic carboxylic acids is 1. The second-order valence-electron chi connectivity index (χ2n) is 4.78. The molecule has 0 aliphatic heterocycles. The summed E-state index contributed by atoms with van der Waals surface area (Å²) in [5.74, 6) is -1.94. The highest BCUT2D eigenvalue weighted by molar-refractivity contribution is 6.33. The number of phenols is 2. The van der Waals surface area contributed by atoms with E-state index >= 15 is 0 Å². The lowest BCUT2D eigenvalue weighted by Crippen LogP contribution is -2.14. The monoisotopic (exact) mass is 322 g/mol. The van der Waals surface area contributed by atoms with E-state index in [-0.39, 0.29) is 28.7 Å². The smallest absolute Gasteiger partial charge is 0.311 e. The summed E-state index contributed by atoms with van der Waals surface area (Å²) in [6.45, 7) is 0. The standard InChI is InChI=1S/C16H15ClO5/c1-22-13-6-5-10(14(17)15(13)19)8-12(16(20)21)9-3-2-4-11(18)7-9/h2-7,12,18-19H,8H2,1H3,(H,20,21). The van der Waals surface area contributed by atoms with Crippen LogP contribution in [0.15, 0.2) is 36.4 Å². The highest BCUT2D eigenvalue weighted by Crippen LogP contribution is 2.38. The Bertz CT molecular complexity index is 699. The number of rotatable bonds is 5. The Hall–Kier alpha value is -2.40. The van der Waals surface area contributed by atoms with E-state index < -0.39 is 11.9 Å². The summed E-state index contributed by atoms with van der Waals surface area (Å²) in [6.07, 6.45) is 0.0785. The lowest BCUT2D eigenvalue weighted by atomic mass is 9.91. The molecule has 0 saturated carbocycles. The number of hydrogen-bond donors (Lipinski definition) is 3. The van der Waals surface area contributed by atoms with Crippen LogP contribution in [0.1, 0.15) is 17.0 Å². The first-order valence-electron chi connectivity index (χ1n) is 6.50. The molecular weight excluding hydrogens is 308 g/mol. The molecule has 2 aromatic carbocycles. The molecule has 0 bridgehead atoms. The highest BCUT2D eigenvalue weighted by Gasteiger charge is 2.23. The topological polar surface area (TPSA) is 87.0 Å². The molecule has 0 aromatic heterocycles. The van der Waals surface area contributed by atoms with E-state index in [1.54, 1.807) is 18.2 Å². The second-order valence-corrected chi connectivity index (χ2v) is 5.16. The van der Waals surface area contributed by atoms with Crippen LogP contribution in [-0.4, -0.2) is 28.4 Å². The predicted molar refractivity (Wildman–Crippen MR) is 81.9 cm³/mol. The minimum Gasteiger partial charge on any atom is -0.508 e. The van der Waals surface area contributed by atoms with Crippen molar-refractivity contribution in [1.82, 2.24) is 0 Å². The molecule has 5 nitrogen and oxygen atoms in total. The van der Waals surface area contributed by atoms with Crippen LogP contribution in [0.2, 0.25) is 5.02 Å². The highest BCUT2D eigenvalue weighted by atomic mass is 35.5. The van der Waals surface area contributed by atoms with Crippen LogP contribution in [-0.2, 0) is 11.2 Å². The molecule has 0 aliphatic rings. The SMILES string of the molecule is COc1ccc(CC(C(=O)O)c2cccc(O)c2)c(Cl)c1O. The van der Waals surface area contributed by atoms with Crippen molar-refractivity contribution in [3.8, 4) is 17.2 Å². The van der Waals surface area contributed by atoms with Crippen molar-refractivity contribution in [2.45, 2.75) is 12.3 Å². The maximum atomic E-state index is 11.5. The summed E-state index contributed by atoms with van der Waals surface area (Å²) in [5.41, 5.74) is 0.939. The second kappa shape index (κ2) is 6.58. The summed E-state index contributed by atoms with van der Waals surface area (Å²) < 4.78 is 4.95. The van der Waals surface area contributed by atoms with Crippen molar-refractivity contribution in [3.63, 3.8) is 0 Å². The molecule has 2 aromatic rings. The lowest BCUT2D eigenvalue weighted by molar-refractivity contribution is -0.138. The fraction of sp³-hybridized carbons (Fsp3) is 0.188. The minimum absolute atomic E-state index is 0.00701. The first-order valence-corrected chi connectivity index (χ1v) is 6.88. The summed E-state index contributed by atoms with van der Waals surface area (Å²) in [4.78, 5) is 11.5. The zero-order chi connectivity index (χ0) is 16.3. The van der Waals surface area contributed by atoms with Crippen LogP contribution in [0.4, 0.5) is 0 Å². The molecule has 0 saturated heterocycles. The van der Waals surface area contributed by atoms with Gasteiger partial charge in [-0.05, 0) is 35.7 Å². The molecule has 0 radical (unpaired) electrons. The molecule has 0 amide bonds. The summed E-state index contributed by atoms with van der Waals surface area (Å²) in [6, 6.07) is 9.20. The summed E-state index contributed by atoms with van der Waals surface area (Å²) >= 11 is 6.07. The average Bonchev–Trinajstić information content (AvgIpc) is 2.48. The number of carboxylic acid groups (broad SMARTS) is 1. The number of ether oxygens (including phenoxy) is 1. The Labute approximate surface area is 132 Å². The van der Waals surface area contributed by atoms with Crippen molar-refractivity contribution in [1.29, 1.82) is 0 Å². The van der Waals surface area contributed by atoms with Gasteiger partial charge in [0.15, 0.2) is 11.5 Å². The molecular formula is C16H15ClO5. The van der Waals surface area contributed by atoms with Gasteiger partial charge in [-0.25, -0.2) is 0 Å². The van der Waals surface area contributed by atoms with Crippen LogP contribution in [0.3, 0.4) is 0 Å². The van der Waals surface area contributed by atoms with Gasteiger partial charge in [0.1, 0.15) is 5.75 Å². The summed E-state index contributed by atoms with van der Waals surface area (Å²) in [7, 11) is 1.40. The number of benzene rings is 2. The number of phenolic OH excluding ortho intramolecular Hbond substituents is 2. The third-order valence-corrected chi connectivity index (χ3v) is 3.80. The number of carboxylic acids is 1. The van der Waals surface area contributed by atoms with E-state index in [2.05, 4.69) is 0 Å². The number of methoxy groups -OCH3 is 1. The Morgan fingerprint density at radius 2 is 2.00 bits per heavy atom. The van der Waals surface area contributed by atoms with Crippen LogP contribution in [0, 0.1) is 0 Å². The lowest BCUT2D eigenvalue weighted by Gasteiger charge is -2.15. The van der Waals surface area contributed by atoms with E-state index in [1.165, 1.54) is 25.3 Å². The first kappa shape index (κ1) is 16.0. The average molecular weight is 323 g/mol. The van der Waals surface area contributed by atoms with Gasteiger partial charge < -0.3 is 20.1 Å². The van der Waals surface area contributed by atoms with Crippen molar-refractivity contribution >= 4 is 17.6 Å². The van der Waals surface area contributed by atoms with Crippen molar-refractivity contribution < 1.29 is 24.9 Å². The van der Waals surface area contributed by atoms with E-state index in [1.807, 2.05) is 0 Å². The molecule has 6 heteroatoms. The van der Waals surface area contributed by atoms with E-state index in [9.17, 15) is 20.1 Å². The van der Waals surface area contributed by atoms with E-state index in [4.69, 9.17) is 16.3 Å². The van der Waals surface area contributed by atoms with Crippen molar-refractivity contribution in [2.24, 2.45) is 0 Å². The Kier molecular flexibility index (Phi) is 4.78. The molecule has 116 valence electrons. The fourth-order valence-corrected chi connectivity index (χ4v) is 2.45. The molecule has 0 aliphatic carbocycles. The van der Waals surface area contributed by atoms with Gasteiger partial charge in [0.25, 0.3) is 0 Å². The molecule has 1 unspecified atom stereocenters. The number of halogens is 1.